The summed E-state index contributed by atoms with van der Waals surface area (Å²) in [5.41, 5.74) is 0.309. The maximum atomic E-state index is 6.02. The van der Waals surface area contributed by atoms with Crippen molar-refractivity contribution in [2.45, 2.75) is 45.5 Å². The standard InChI is InChI=1S/C16H20BNO4/c1-15(2)16(3,4)22-17(21-15)12-5-7-13(8-6-12)19-10-14-9-18-11-20-14/h5-9,11H,10H2,1-4H3. The lowest BCUT2D eigenvalue weighted by Crippen LogP contribution is -2.41. The van der Waals surface area contributed by atoms with Crippen LogP contribution in [-0.4, -0.2) is 23.3 Å². The van der Waals surface area contributed by atoms with Gasteiger partial charge in [-0.05, 0) is 45.3 Å². The molecule has 0 spiro atoms. The van der Waals surface area contributed by atoms with Crippen LogP contribution in [0.1, 0.15) is 33.5 Å². The Morgan fingerprint density at radius 3 is 2.23 bits per heavy atom. The Bertz CT molecular complexity index is 606. The highest BCUT2D eigenvalue weighted by atomic mass is 16.7. The van der Waals surface area contributed by atoms with Crippen LogP contribution in [0.4, 0.5) is 0 Å². The van der Waals surface area contributed by atoms with Gasteiger partial charge in [0.05, 0.1) is 17.4 Å². The van der Waals surface area contributed by atoms with Crippen LogP contribution in [0, 0.1) is 0 Å². The number of ether oxygens (including phenoxy) is 1. The van der Waals surface area contributed by atoms with Crippen LogP contribution >= 0.6 is 0 Å². The average Bonchev–Trinajstić information content (AvgIpc) is 3.04. The minimum Gasteiger partial charge on any atom is -0.486 e. The fourth-order valence-corrected chi connectivity index (χ4v) is 2.17. The molecule has 0 saturated carbocycles. The molecule has 116 valence electrons. The summed E-state index contributed by atoms with van der Waals surface area (Å²) in [5.74, 6) is 1.45. The lowest BCUT2D eigenvalue weighted by molar-refractivity contribution is 0.00578. The molecule has 3 rings (SSSR count). The van der Waals surface area contributed by atoms with E-state index in [9.17, 15) is 0 Å². The van der Waals surface area contributed by atoms with E-state index in [0.717, 1.165) is 11.2 Å². The maximum Gasteiger partial charge on any atom is 0.494 e. The quantitative estimate of drug-likeness (QED) is 0.812. The fourth-order valence-electron chi connectivity index (χ4n) is 2.17. The van der Waals surface area contributed by atoms with Crippen LogP contribution in [-0.2, 0) is 15.9 Å². The summed E-state index contributed by atoms with van der Waals surface area (Å²) in [6.45, 7) is 8.53. The summed E-state index contributed by atoms with van der Waals surface area (Å²) in [6.07, 6.45) is 3.03. The highest BCUT2D eigenvalue weighted by Gasteiger charge is 2.51. The Kier molecular flexibility index (Phi) is 3.74. The van der Waals surface area contributed by atoms with E-state index in [1.807, 2.05) is 52.0 Å². The highest BCUT2D eigenvalue weighted by molar-refractivity contribution is 6.62. The average molecular weight is 301 g/mol. The Morgan fingerprint density at radius 1 is 1.05 bits per heavy atom. The van der Waals surface area contributed by atoms with Gasteiger partial charge >= 0.3 is 7.12 Å². The number of hydrogen-bond donors (Lipinski definition) is 0. The summed E-state index contributed by atoms with van der Waals surface area (Å²) >= 11 is 0. The maximum absolute atomic E-state index is 6.02. The zero-order valence-electron chi connectivity index (χ0n) is 13.3. The molecule has 2 heterocycles. The molecule has 5 nitrogen and oxygen atoms in total. The molecule has 1 aromatic heterocycles. The van der Waals surface area contributed by atoms with Crippen molar-refractivity contribution in [1.82, 2.24) is 4.98 Å². The first-order valence-electron chi connectivity index (χ1n) is 7.33. The first-order chi connectivity index (χ1) is 10.4. The summed E-state index contributed by atoms with van der Waals surface area (Å²) < 4.78 is 22.8. The van der Waals surface area contributed by atoms with Crippen LogP contribution in [0.15, 0.2) is 41.3 Å². The van der Waals surface area contributed by atoms with Crippen molar-refractivity contribution >= 4 is 12.6 Å². The molecule has 1 fully saturated rings. The summed E-state index contributed by atoms with van der Waals surface area (Å²) in [4.78, 5) is 3.85. The zero-order chi connectivity index (χ0) is 15.8. The van der Waals surface area contributed by atoms with Gasteiger partial charge in [0.25, 0.3) is 0 Å². The third-order valence-electron chi connectivity index (χ3n) is 4.27. The molecule has 0 N–H and O–H groups in total. The molecule has 1 aliphatic heterocycles. The van der Waals surface area contributed by atoms with E-state index in [4.69, 9.17) is 18.5 Å². The smallest absolute Gasteiger partial charge is 0.486 e. The normalized spacial score (nSPS) is 19.4. The van der Waals surface area contributed by atoms with Gasteiger partial charge in [-0.1, -0.05) is 12.1 Å². The number of hydrogen-bond acceptors (Lipinski definition) is 5. The SMILES string of the molecule is CC1(C)OB(c2ccc(OCc3cnco3)cc2)OC1(C)C. The minimum absolute atomic E-state index is 0.334. The van der Waals surface area contributed by atoms with Crippen LogP contribution in [0.25, 0.3) is 0 Å². The summed E-state index contributed by atoms with van der Waals surface area (Å²) in [5, 5.41) is 0. The molecule has 1 saturated heterocycles. The van der Waals surface area contributed by atoms with Gasteiger partial charge in [0, 0.05) is 0 Å². The second kappa shape index (κ2) is 5.45. The monoisotopic (exact) mass is 301 g/mol. The van der Waals surface area contributed by atoms with Crippen molar-refractivity contribution in [3.05, 3.63) is 42.6 Å². The number of aromatic nitrogens is 1. The molecule has 6 heteroatoms. The molecule has 0 unspecified atom stereocenters. The first kappa shape index (κ1) is 15.1. The van der Waals surface area contributed by atoms with Crippen LogP contribution in [0.2, 0.25) is 0 Å². The summed E-state index contributed by atoms with van der Waals surface area (Å²) in [6, 6.07) is 7.71. The second-order valence-electron chi connectivity index (χ2n) is 6.41. The first-order valence-corrected chi connectivity index (χ1v) is 7.33. The Balaban J connectivity index is 1.65. The van der Waals surface area contributed by atoms with Gasteiger partial charge in [-0.15, -0.1) is 0 Å². The van der Waals surface area contributed by atoms with E-state index in [1.54, 1.807) is 6.20 Å². The van der Waals surface area contributed by atoms with Gasteiger partial charge in [0.15, 0.2) is 12.2 Å². The van der Waals surface area contributed by atoms with Crippen molar-refractivity contribution in [3.8, 4) is 5.75 Å². The second-order valence-corrected chi connectivity index (χ2v) is 6.41. The Labute approximate surface area is 130 Å². The van der Waals surface area contributed by atoms with Crippen molar-refractivity contribution < 1.29 is 18.5 Å². The number of rotatable bonds is 4. The van der Waals surface area contributed by atoms with E-state index in [2.05, 4.69) is 4.98 Å². The zero-order valence-corrected chi connectivity index (χ0v) is 13.3. The molecule has 0 amide bonds. The molecule has 0 radical (unpaired) electrons. The van der Waals surface area contributed by atoms with Gasteiger partial charge in [-0.2, -0.15) is 0 Å². The lowest BCUT2D eigenvalue weighted by atomic mass is 9.79. The number of oxazole rings is 1. The van der Waals surface area contributed by atoms with Crippen molar-refractivity contribution in [3.63, 3.8) is 0 Å². The molecule has 0 aliphatic carbocycles. The third-order valence-corrected chi connectivity index (χ3v) is 4.27. The lowest BCUT2D eigenvalue weighted by Gasteiger charge is -2.32. The molecule has 0 bridgehead atoms. The molecule has 2 aromatic rings. The highest BCUT2D eigenvalue weighted by Crippen LogP contribution is 2.36. The van der Waals surface area contributed by atoms with Crippen LogP contribution in [0.5, 0.6) is 5.75 Å². The third kappa shape index (κ3) is 2.89. The Morgan fingerprint density at radius 2 is 1.68 bits per heavy atom. The van der Waals surface area contributed by atoms with Gasteiger partial charge in [0.1, 0.15) is 12.4 Å². The van der Waals surface area contributed by atoms with Crippen LogP contribution in [0.3, 0.4) is 0 Å². The van der Waals surface area contributed by atoms with Crippen LogP contribution < -0.4 is 10.2 Å². The topological polar surface area (TPSA) is 53.7 Å². The van der Waals surface area contributed by atoms with Gasteiger partial charge < -0.3 is 18.5 Å². The van der Waals surface area contributed by atoms with E-state index in [1.165, 1.54) is 6.39 Å². The van der Waals surface area contributed by atoms with E-state index >= 15 is 0 Å². The predicted octanol–water partition coefficient (Wildman–Crippen LogP) is 2.55. The van der Waals surface area contributed by atoms with Gasteiger partial charge in [0.2, 0.25) is 0 Å². The molecular weight excluding hydrogens is 281 g/mol. The molecule has 0 atom stereocenters. The van der Waals surface area contributed by atoms with Gasteiger partial charge in [-0.3, -0.25) is 0 Å². The Hall–Kier alpha value is -1.79. The van der Waals surface area contributed by atoms with Crippen molar-refractivity contribution in [2.75, 3.05) is 0 Å². The van der Waals surface area contributed by atoms with E-state index in [-0.39, 0.29) is 18.3 Å². The van der Waals surface area contributed by atoms with Crippen molar-refractivity contribution in [1.29, 1.82) is 0 Å². The minimum atomic E-state index is -0.353. The number of nitrogens with zero attached hydrogens (tertiary/aromatic N) is 1. The van der Waals surface area contributed by atoms with E-state index < -0.39 is 0 Å². The largest absolute Gasteiger partial charge is 0.494 e. The summed E-state index contributed by atoms with van der Waals surface area (Å²) in [7, 11) is -0.353. The van der Waals surface area contributed by atoms with Crippen molar-refractivity contribution in [2.24, 2.45) is 0 Å². The van der Waals surface area contributed by atoms with Gasteiger partial charge in [-0.25, -0.2) is 4.98 Å². The fraction of sp³-hybridized carbons (Fsp3) is 0.438. The molecular formula is C16H20BNO4. The molecule has 22 heavy (non-hydrogen) atoms. The molecule has 1 aliphatic rings. The number of benzene rings is 1. The van der Waals surface area contributed by atoms with E-state index in [0.29, 0.717) is 12.4 Å². The predicted molar refractivity (Wildman–Crippen MR) is 83.0 cm³/mol. The molecule has 1 aromatic carbocycles.